The van der Waals surface area contributed by atoms with Crippen molar-refractivity contribution in [1.29, 1.82) is 0 Å². The average Bonchev–Trinajstić information content (AvgIpc) is 3.30. The summed E-state index contributed by atoms with van der Waals surface area (Å²) in [6.07, 6.45) is -9.20. The number of amides is 4. The monoisotopic (exact) mass is 564 g/mol. The molecule has 6 atom stereocenters. The first kappa shape index (κ1) is 26.5. The van der Waals surface area contributed by atoms with Crippen molar-refractivity contribution in [3.8, 4) is 11.1 Å². The maximum atomic E-state index is 14.3. The molecule has 0 aromatic heterocycles. The van der Waals surface area contributed by atoms with E-state index in [1.54, 1.807) is 0 Å². The van der Waals surface area contributed by atoms with E-state index < -0.39 is 99.4 Å². The number of carbonyl (C=O) groups is 4. The second-order valence-corrected chi connectivity index (χ2v) is 11.0. The number of imide groups is 2. The zero-order valence-corrected chi connectivity index (χ0v) is 21.1. The number of rotatable bonds is 2. The molecule has 0 spiro atoms. The quantitative estimate of drug-likeness (QED) is 0.377. The molecule has 4 amide bonds. The Morgan fingerprint density at radius 3 is 1.55 bits per heavy atom. The standard InChI is InChI=1S/C28H22F6N2O4/c1-11-3-5-13(17(9-11)27(29,30)31)14-6-4-12(10-18(14)28(32,33)34)36-25(39)21-15-7-8-16(22(21)26(36)40)20-19(15)23(37)35(2)24(20)38/h3-6,9-10,15-16,19-22H,7-8H2,1-2H3. The minimum absolute atomic E-state index is 0.208. The summed E-state index contributed by atoms with van der Waals surface area (Å²) in [6.45, 7) is 1.39. The van der Waals surface area contributed by atoms with Crippen LogP contribution >= 0.6 is 0 Å². The van der Waals surface area contributed by atoms with Crippen molar-refractivity contribution in [1.82, 2.24) is 4.90 Å². The molecule has 7 rings (SSSR count). The molecule has 2 aromatic rings. The normalized spacial score (nSPS) is 29.9. The zero-order valence-electron chi connectivity index (χ0n) is 21.1. The van der Waals surface area contributed by atoms with Gasteiger partial charge in [0.2, 0.25) is 23.6 Å². The van der Waals surface area contributed by atoms with Crippen molar-refractivity contribution in [3.05, 3.63) is 53.1 Å². The van der Waals surface area contributed by atoms with Gasteiger partial charge in [-0.2, -0.15) is 26.3 Å². The Kier molecular flexibility index (Phi) is 5.57. The molecule has 5 fully saturated rings. The Morgan fingerprint density at radius 1 is 0.650 bits per heavy atom. The molecule has 6 nitrogen and oxygen atoms in total. The van der Waals surface area contributed by atoms with Gasteiger partial charge in [0.1, 0.15) is 0 Å². The van der Waals surface area contributed by atoms with Crippen LogP contribution in [0.25, 0.3) is 11.1 Å². The largest absolute Gasteiger partial charge is 0.417 e. The highest BCUT2D eigenvalue weighted by atomic mass is 19.4. The van der Waals surface area contributed by atoms with E-state index in [0.717, 1.165) is 29.2 Å². The van der Waals surface area contributed by atoms with Gasteiger partial charge in [0.15, 0.2) is 0 Å². The number of nitrogens with zero attached hydrogens (tertiary/aromatic N) is 2. The van der Waals surface area contributed by atoms with Crippen LogP contribution in [0.2, 0.25) is 0 Å². The molecule has 0 radical (unpaired) electrons. The van der Waals surface area contributed by atoms with Gasteiger partial charge in [-0.15, -0.1) is 0 Å². The Morgan fingerprint density at radius 2 is 1.07 bits per heavy atom. The summed E-state index contributed by atoms with van der Waals surface area (Å²) in [4.78, 5) is 54.5. The highest BCUT2D eigenvalue weighted by Crippen LogP contribution is 2.61. The SMILES string of the molecule is Cc1ccc(-c2ccc(N3C(=O)C4C5CCC(C6C(=O)N(C)C(=O)C56)C4C3=O)cc2C(F)(F)F)c(C(F)(F)F)c1. The number of likely N-dealkylation sites (tertiary alicyclic amines) is 1. The topological polar surface area (TPSA) is 74.8 Å². The number of hydrogen-bond acceptors (Lipinski definition) is 4. The molecule has 210 valence electrons. The van der Waals surface area contributed by atoms with Crippen LogP contribution in [-0.4, -0.2) is 35.6 Å². The molecule has 5 aliphatic rings. The second-order valence-electron chi connectivity index (χ2n) is 11.0. The van der Waals surface area contributed by atoms with Crippen LogP contribution in [0.4, 0.5) is 32.0 Å². The molecule has 0 N–H and O–H groups in total. The first-order valence-corrected chi connectivity index (χ1v) is 12.7. The Bertz CT molecular complexity index is 1450. The lowest BCUT2D eigenvalue weighted by Gasteiger charge is -2.48. The van der Waals surface area contributed by atoms with Crippen molar-refractivity contribution >= 4 is 29.3 Å². The lowest BCUT2D eigenvalue weighted by atomic mass is 9.51. The Hall–Kier alpha value is -3.70. The Balaban J connectivity index is 1.44. The number of alkyl halides is 6. The number of fused-ring (bicyclic) bond motifs is 1. The number of anilines is 1. The highest BCUT2D eigenvalue weighted by molar-refractivity contribution is 6.23. The van der Waals surface area contributed by atoms with Crippen LogP contribution < -0.4 is 4.90 Å². The summed E-state index contributed by atoms with van der Waals surface area (Å²) in [5.74, 6) is -7.02. The molecule has 2 aromatic carbocycles. The first-order valence-electron chi connectivity index (χ1n) is 12.7. The minimum atomic E-state index is -5.11. The smallest absolute Gasteiger partial charge is 0.285 e. The molecule has 2 heterocycles. The molecule has 2 saturated heterocycles. The molecule has 3 aliphatic carbocycles. The van der Waals surface area contributed by atoms with Gasteiger partial charge in [-0.3, -0.25) is 29.0 Å². The van der Waals surface area contributed by atoms with Crippen molar-refractivity contribution in [3.63, 3.8) is 0 Å². The molecule has 2 bridgehead atoms. The van der Waals surface area contributed by atoms with Crippen LogP contribution in [-0.2, 0) is 31.5 Å². The number of hydrogen-bond donors (Lipinski definition) is 0. The van der Waals surface area contributed by atoms with Crippen molar-refractivity contribution in [2.24, 2.45) is 35.5 Å². The Labute approximate surface area is 223 Å². The molecule has 6 unspecified atom stereocenters. The van der Waals surface area contributed by atoms with Crippen molar-refractivity contribution in [2.75, 3.05) is 11.9 Å². The number of aryl methyl sites for hydroxylation is 1. The van der Waals surface area contributed by atoms with Crippen LogP contribution in [0.5, 0.6) is 0 Å². The second kappa shape index (κ2) is 8.40. The van der Waals surface area contributed by atoms with E-state index in [0.29, 0.717) is 23.8 Å². The van der Waals surface area contributed by atoms with Crippen LogP contribution in [0.1, 0.15) is 29.5 Å². The fraction of sp³-hybridized carbons (Fsp3) is 0.429. The van der Waals surface area contributed by atoms with Gasteiger partial charge >= 0.3 is 12.4 Å². The summed E-state index contributed by atoms with van der Waals surface area (Å²) in [7, 11) is 1.35. The molecule has 2 aliphatic heterocycles. The van der Waals surface area contributed by atoms with E-state index in [4.69, 9.17) is 0 Å². The van der Waals surface area contributed by atoms with Gasteiger partial charge < -0.3 is 0 Å². The molecular weight excluding hydrogens is 542 g/mol. The van der Waals surface area contributed by atoms with E-state index in [1.807, 2.05) is 0 Å². The zero-order chi connectivity index (χ0) is 29.0. The van der Waals surface area contributed by atoms with Gasteiger partial charge in [0, 0.05) is 7.05 Å². The number of carbonyl (C=O) groups excluding carboxylic acids is 4. The van der Waals surface area contributed by atoms with Gasteiger partial charge in [-0.05, 0) is 60.9 Å². The molecule has 3 saturated carbocycles. The van der Waals surface area contributed by atoms with Gasteiger partial charge in [-0.1, -0.05) is 23.8 Å². The van der Waals surface area contributed by atoms with Crippen LogP contribution in [0.3, 0.4) is 0 Å². The fourth-order valence-electron chi connectivity index (χ4n) is 7.45. The summed E-state index contributed by atoms with van der Waals surface area (Å²) in [5.41, 5.74) is -4.31. The summed E-state index contributed by atoms with van der Waals surface area (Å²) in [6, 6.07) is 5.38. The molecule has 40 heavy (non-hydrogen) atoms. The predicted molar refractivity (Wildman–Crippen MR) is 127 cm³/mol. The van der Waals surface area contributed by atoms with Crippen molar-refractivity contribution in [2.45, 2.75) is 32.1 Å². The van der Waals surface area contributed by atoms with Crippen molar-refractivity contribution < 1.29 is 45.5 Å². The minimum Gasteiger partial charge on any atom is -0.285 e. The van der Waals surface area contributed by atoms with Gasteiger partial charge in [-0.25, -0.2) is 0 Å². The van der Waals surface area contributed by atoms with E-state index in [1.165, 1.54) is 20.0 Å². The fourth-order valence-corrected chi connectivity index (χ4v) is 7.45. The summed E-state index contributed by atoms with van der Waals surface area (Å²) < 4.78 is 84.1. The lowest BCUT2D eigenvalue weighted by molar-refractivity contribution is -0.148. The predicted octanol–water partition coefficient (Wildman–Crippen LogP) is 5.08. The van der Waals surface area contributed by atoms with Gasteiger partial charge in [0.25, 0.3) is 0 Å². The van der Waals surface area contributed by atoms with Crippen LogP contribution in [0.15, 0.2) is 36.4 Å². The van der Waals surface area contributed by atoms with E-state index in [9.17, 15) is 45.5 Å². The highest BCUT2D eigenvalue weighted by Gasteiger charge is 2.69. The maximum absolute atomic E-state index is 14.3. The average molecular weight is 564 g/mol. The van der Waals surface area contributed by atoms with Gasteiger partial charge in [0.05, 0.1) is 40.5 Å². The summed E-state index contributed by atoms with van der Waals surface area (Å²) >= 11 is 0. The van der Waals surface area contributed by atoms with E-state index in [-0.39, 0.29) is 5.56 Å². The summed E-state index contributed by atoms with van der Waals surface area (Å²) in [5, 5.41) is 0. The molecule has 12 heteroatoms. The van der Waals surface area contributed by atoms with E-state index >= 15 is 0 Å². The number of halogens is 6. The van der Waals surface area contributed by atoms with E-state index in [2.05, 4.69) is 0 Å². The third-order valence-electron chi connectivity index (χ3n) is 9.03. The number of benzene rings is 2. The lowest BCUT2D eigenvalue weighted by Crippen LogP contribution is -2.53. The van der Waals surface area contributed by atoms with Crippen LogP contribution in [0, 0.1) is 42.4 Å². The third-order valence-corrected chi connectivity index (χ3v) is 9.03. The molecular formula is C28H22F6N2O4. The third kappa shape index (κ3) is 3.56. The first-order chi connectivity index (χ1) is 18.6. The maximum Gasteiger partial charge on any atom is 0.417 e.